The summed E-state index contributed by atoms with van der Waals surface area (Å²) in [5.41, 5.74) is -0.389. The van der Waals surface area contributed by atoms with Crippen LogP contribution in [0.15, 0.2) is 16.8 Å². The summed E-state index contributed by atoms with van der Waals surface area (Å²) in [5.74, 6) is -2.92. The first kappa shape index (κ1) is 10.0. The molecule has 0 aliphatic carbocycles. The first-order valence-electron chi connectivity index (χ1n) is 3.58. The Kier molecular flexibility index (Phi) is 2.70. The van der Waals surface area contributed by atoms with E-state index in [0.29, 0.717) is 0 Å². The van der Waals surface area contributed by atoms with E-state index in [1.165, 1.54) is 0 Å². The van der Waals surface area contributed by atoms with Gasteiger partial charge in [-0.25, -0.2) is 4.99 Å². The van der Waals surface area contributed by atoms with Gasteiger partial charge in [-0.1, -0.05) is 0 Å². The molecule has 1 aliphatic heterocycles. The summed E-state index contributed by atoms with van der Waals surface area (Å²) in [6.45, 7) is 0. The third kappa shape index (κ3) is 1.82. The van der Waals surface area contributed by atoms with Crippen molar-refractivity contribution in [3.63, 3.8) is 0 Å². The number of hydrogen-bond acceptors (Lipinski definition) is 5. The van der Waals surface area contributed by atoms with Gasteiger partial charge in [-0.05, 0) is 0 Å². The number of amides is 1. The molecule has 0 aromatic rings. The van der Waals surface area contributed by atoms with Crippen LogP contribution >= 0.6 is 0 Å². The topological polar surface area (TPSA) is 98.9 Å². The van der Waals surface area contributed by atoms with Gasteiger partial charge in [-0.15, -0.1) is 0 Å². The molecule has 0 bridgehead atoms. The van der Waals surface area contributed by atoms with E-state index in [-0.39, 0.29) is 5.70 Å². The number of hydrogen-bond donors (Lipinski definition) is 0. The maximum atomic E-state index is 11.0. The normalized spacial score (nSPS) is 20.2. The lowest BCUT2D eigenvalue weighted by Gasteiger charge is -2.08. The zero-order chi connectivity index (χ0) is 10.7. The number of nitro groups is 1. The molecular weight excluding hydrogens is 192 g/mol. The molecule has 0 radical (unpaired) electrons. The highest BCUT2D eigenvalue weighted by atomic mass is 16.6. The van der Waals surface area contributed by atoms with Crippen molar-refractivity contribution >= 4 is 18.1 Å². The fraction of sp³-hybridized carbons (Fsp3) is 0.286. The molecule has 0 saturated heterocycles. The molecular formula is C7H6N2O5. The second-order valence-corrected chi connectivity index (χ2v) is 2.45. The molecule has 74 valence electrons. The Hall–Kier alpha value is -2.05. The number of dihydropyridines is 1. The summed E-state index contributed by atoms with van der Waals surface area (Å²) in [5, 5.41) is 10.3. The Labute approximate surface area is 78.2 Å². The van der Waals surface area contributed by atoms with Crippen molar-refractivity contribution in [2.24, 2.45) is 10.9 Å². The van der Waals surface area contributed by atoms with Crippen molar-refractivity contribution in [3.8, 4) is 0 Å². The van der Waals surface area contributed by atoms with Gasteiger partial charge in [0.15, 0.2) is 5.92 Å². The van der Waals surface area contributed by atoms with E-state index in [2.05, 4.69) is 9.73 Å². The number of rotatable bonds is 2. The van der Waals surface area contributed by atoms with Crippen molar-refractivity contribution in [1.82, 2.24) is 0 Å². The van der Waals surface area contributed by atoms with Crippen LogP contribution in [0.3, 0.4) is 0 Å². The molecule has 0 aromatic heterocycles. The quantitative estimate of drug-likeness (QED) is 0.259. The first-order valence-corrected chi connectivity index (χ1v) is 3.58. The van der Waals surface area contributed by atoms with Crippen molar-refractivity contribution in [1.29, 1.82) is 0 Å². The van der Waals surface area contributed by atoms with Gasteiger partial charge in [-0.2, -0.15) is 0 Å². The molecule has 1 amide bonds. The molecule has 1 unspecified atom stereocenters. The van der Waals surface area contributed by atoms with Crippen LogP contribution in [0.1, 0.15) is 0 Å². The number of nitrogens with zero attached hydrogens (tertiary/aromatic N) is 2. The Morgan fingerprint density at radius 2 is 2.36 bits per heavy atom. The van der Waals surface area contributed by atoms with Gasteiger partial charge in [0, 0.05) is 6.08 Å². The summed E-state index contributed by atoms with van der Waals surface area (Å²) < 4.78 is 4.29. The summed E-state index contributed by atoms with van der Waals surface area (Å²) in [7, 11) is 1.09. The van der Waals surface area contributed by atoms with Crippen LogP contribution in [-0.4, -0.2) is 30.1 Å². The van der Waals surface area contributed by atoms with Crippen LogP contribution in [-0.2, 0) is 14.3 Å². The van der Waals surface area contributed by atoms with Gasteiger partial charge in [0.1, 0.15) is 6.21 Å². The third-order valence-corrected chi connectivity index (χ3v) is 1.59. The summed E-state index contributed by atoms with van der Waals surface area (Å²) in [6.07, 6.45) is 1.73. The lowest BCUT2D eigenvalue weighted by Crippen LogP contribution is -2.26. The number of esters is 1. The van der Waals surface area contributed by atoms with Gasteiger partial charge in [0.05, 0.1) is 12.0 Å². The van der Waals surface area contributed by atoms with Crippen molar-refractivity contribution in [3.05, 3.63) is 21.9 Å². The molecule has 0 fully saturated rings. The molecule has 0 N–H and O–H groups in total. The lowest BCUT2D eigenvalue weighted by molar-refractivity contribution is -0.414. The lowest BCUT2D eigenvalue weighted by atomic mass is 10.1. The number of methoxy groups -OCH3 is 1. The molecule has 7 heteroatoms. The van der Waals surface area contributed by atoms with Gasteiger partial charge in [0.25, 0.3) is 11.6 Å². The van der Waals surface area contributed by atoms with E-state index in [1.54, 1.807) is 0 Å². The zero-order valence-electron chi connectivity index (χ0n) is 7.17. The van der Waals surface area contributed by atoms with Gasteiger partial charge >= 0.3 is 5.97 Å². The summed E-state index contributed by atoms with van der Waals surface area (Å²) in [6, 6.07) is 0. The number of carbonyl (C=O) groups is 2. The zero-order valence-corrected chi connectivity index (χ0v) is 7.17. The van der Waals surface area contributed by atoms with E-state index < -0.39 is 22.7 Å². The average molecular weight is 198 g/mol. The molecule has 7 nitrogen and oxygen atoms in total. The Balaban J connectivity index is 2.96. The molecule has 1 heterocycles. The standard InChI is InChI=1S/C7H6N2O5/c1-14-7(11)5-2-4(9(12)13)3-8-6(5)10/h2-3,5H,1H3. The number of aliphatic imine (C=N–C) groups is 1. The fourth-order valence-corrected chi connectivity index (χ4v) is 0.899. The van der Waals surface area contributed by atoms with Crippen molar-refractivity contribution in [2.75, 3.05) is 7.11 Å². The van der Waals surface area contributed by atoms with Crippen molar-refractivity contribution < 1.29 is 19.2 Å². The predicted octanol–water partition coefficient (Wildman–Crippen LogP) is -0.453. The number of ether oxygens (including phenoxy) is 1. The van der Waals surface area contributed by atoms with Crippen LogP contribution in [0.5, 0.6) is 0 Å². The Bertz CT molecular complexity index is 357. The average Bonchev–Trinajstić information content (AvgIpc) is 2.17. The van der Waals surface area contributed by atoms with Crippen LogP contribution in [0.4, 0.5) is 0 Å². The Morgan fingerprint density at radius 3 is 2.86 bits per heavy atom. The molecule has 1 rings (SSSR count). The maximum Gasteiger partial charge on any atom is 0.322 e. The van der Waals surface area contributed by atoms with E-state index >= 15 is 0 Å². The maximum absolute atomic E-state index is 11.0. The highest BCUT2D eigenvalue weighted by Gasteiger charge is 2.31. The van der Waals surface area contributed by atoms with E-state index in [0.717, 1.165) is 19.4 Å². The van der Waals surface area contributed by atoms with Crippen LogP contribution in [0.2, 0.25) is 0 Å². The molecule has 1 atom stereocenters. The van der Waals surface area contributed by atoms with Crippen LogP contribution in [0.25, 0.3) is 0 Å². The SMILES string of the molecule is COC(=O)C1C=C([N+](=O)[O-])C=NC1=O. The summed E-state index contributed by atoms with van der Waals surface area (Å²) in [4.78, 5) is 34.7. The second-order valence-electron chi connectivity index (χ2n) is 2.45. The van der Waals surface area contributed by atoms with Gasteiger partial charge in [0.2, 0.25) is 0 Å². The molecule has 1 aliphatic rings. The highest BCUT2D eigenvalue weighted by molar-refractivity contribution is 6.06. The predicted molar refractivity (Wildman–Crippen MR) is 44.1 cm³/mol. The van der Waals surface area contributed by atoms with Crippen LogP contribution < -0.4 is 0 Å². The monoisotopic (exact) mass is 198 g/mol. The van der Waals surface area contributed by atoms with Crippen molar-refractivity contribution in [2.45, 2.75) is 0 Å². The fourth-order valence-electron chi connectivity index (χ4n) is 0.899. The minimum atomic E-state index is -1.30. The molecule has 0 aromatic carbocycles. The smallest absolute Gasteiger partial charge is 0.322 e. The molecule has 0 spiro atoms. The number of allylic oxidation sites excluding steroid dienone is 1. The third-order valence-electron chi connectivity index (χ3n) is 1.59. The van der Waals surface area contributed by atoms with E-state index in [4.69, 9.17) is 0 Å². The second kappa shape index (κ2) is 3.77. The molecule has 0 saturated carbocycles. The Morgan fingerprint density at radius 1 is 1.71 bits per heavy atom. The highest BCUT2D eigenvalue weighted by Crippen LogP contribution is 2.12. The van der Waals surface area contributed by atoms with E-state index in [1.807, 2.05) is 0 Å². The van der Waals surface area contributed by atoms with Crippen LogP contribution in [0, 0.1) is 16.0 Å². The minimum absolute atomic E-state index is 0.389. The largest absolute Gasteiger partial charge is 0.468 e. The van der Waals surface area contributed by atoms with E-state index in [9.17, 15) is 19.7 Å². The summed E-state index contributed by atoms with van der Waals surface area (Å²) >= 11 is 0. The van der Waals surface area contributed by atoms with Gasteiger partial charge < -0.3 is 4.74 Å². The first-order chi connectivity index (χ1) is 6.56. The number of carbonyl (C=O) groups excluding carboxylic acids is 2. The minimum Gasteiger partial charge on any atom is -0.468 e. The van der Waals surface area contributed by atoms with Gasteiger partial charge in [-0.3, -0.25) is 19.7 Å². The molecule has 14 heavy (non-hydrogen) atoms.